The van der Waals surface area contributed by atoms with E-state index in [4.69, 9.17) is 13.6 Å². The van der Waals surface area contributed by atoms with Crippen LogP contribution in [0.3, 0.4) is 0 Å². The Bertz CT molecular complexity index is 1040. The van der Waals surface area contributed by atoms with Crippen molar-refractivity contribution in [2.24, 2.45) is 5.92 Å². The molecule has 0 bridgehead atoms. The van der Waals surface area contributed by atoms with E-state index in [1.54, 1.807) is 19.1 Å². The number of ether oxygens (including phenoxy) is 1. The Balaban J connectivity index is 1.44. The third-order valence-corrected chi connectivity index (χ3v) is 6.70. The number of fused-ring (bicyclic) bond motifs is 1. The monoisotopic (exact) mass is 447 g/mol. The number of carbonyl (C=O) groups excluding carboxylic acids is 2. The topological polar surface area (TPSA) is 107 Å². The Morgan fingerprint density at radius 2 is 2.27 bits per heavy atom. The molecule has 4 rings (SSSR count). The van der Waals surface area contributed by atoms with Gasteiger partial charge in [0.2, 0.25) is 5.91 Å². The van der Waals surface area contributed by atoms with Crippen molar-refractivity contribution >= 4 is 40.0 Å². The maximum atomic E-state index is 12.5. The van der Waals surface area contributed by atoms with Gasteiger partial charge in [0.15, 0.2) is 5.76 Å². The first-order valence-corrected chi connectivity index (χ1v) is 11.5. The van der Waals surface area contributed by atoms with E-state index in [9.17, 15) is 9.59 Å². The molecule has 3 aromatic rings. The zero-order chi connectivity index (χ0) is 21.1. The Kier molecular flexibility index (Phi) is 6.24. The zero-order valence-corrected chi connectivity index (χ0v) is 18.2. The van der Waals surface area contributed by atoms with Gasteiger partial charge in [0.25, 0.3) is 11.1 Å². The molecular weight excluding hydrogens is 426 g/mol. The van der Waals surface area contributed by atoms with Crippen LogP contribution in [0.2, 0.25) is 0 Å². The van der Waals surface area contributed by atoms with E-state index in [1.165, 1.54) is 17.6 Å². The summed E-state index contributed by atoms with van der Waals surface area (Å²) in [6.07, 6.45) is 4.27. The molecule has 1 N–H and O–H groups in total. The van der Waals surface area contributed by atoms with Crippen molar-refractivity contribution < 1.29 is 23.2 Å². The fraction of sp³-hybridized carbons (Fsp3) is 0.400. The summed E-state index contributed by atoms with van der Waals surface area (Å²) < 4.78 is 15.9. The van der Waals surface area contributed by atoms with Crippen LogP contribution in [-0.4, -0.2) is 34.4 Å². The Morgan fingerprint density at radius 3 is 3.03 bits per heavy atom. The number of nitrogens with one attached hydrogen (secondary N) is 1. The van der Waals surface area contributed by atoms with E-state index in [2.05, 4.69) is 22.4 Å². The summed E-state index contributed by atoms with van der Waals surface area (Å²) in [6.45, 7) is 4.26. The minimum absolute atomic E-state index is 0.0705. The molecule has 158 valence electrons. The zero-order valence-electron chi connectivity index (χ0n) is 16.6. The summed E-state index contributed by atoms with van der Waals surface area (Å²) in [5.41, 5.74) is 1.51. The number of thioether (sulfide) groups is 1. The van der Waals surface area contributed by atoms with Gasteiger partial charge in [0.1, 0.15) is 5.00 Å². The number of nitrogens with zero attached hydrogens (tertiary/aromatic N) is 2. The van der Waals surface area contributed by atoms with Crippen LogP contribution < -0.4 is 5.32 Å². The van der Waals surface area contributed by atoms with Crippen LogP contribution in [-0.2, 0) is 22.4 Å². The van der Waals surface area contributed by atoms with Gasteiger partial charge in [-0.25, -0.2) is 4.79 Å². The van der Waals surface area contributed by atoms with Gasteiger partial charge >= 0.3 is 5.97 Å². The quantitative estimate of drug-likeness (QED) is 0.419. The fourth-order valence-corrected chi connectivity index (χ4v) is 5.29. The number of esters is 1. The maximum absolute atomic E-state index is 12.5. The first kappa shape index (κ1) is 20.7. The van der Waals surface area contributed by atoms with Crippen molar-refractivity contribution in [3.63, 3.8) is 0 Å². The molecule has 3 heterocycles. The average Bonchev–Trinajstić information content (AvgIpc) is 3.45. The van der Waals surface area contributed by atoms with E-state index in [1.807, 2.05) is 0 Å². The Hall–Kier alpha value is -2.59. The van der Waals surface area contributed by atoms with Crippen LogP contribution >= 0.6 is 23.1 Å². The maximum Gasteiger partial charge on any atom is 0.341 e. The number of amides is 1. The molecule has 0 unspecified atom stereocenters. The Labute approximate surface area is 181 Å². The summed E-state index contributed by atoms with van der Waals surface area (Å²) in [5.74, 6) is 0.721. The lowest BCUT2D eigenvalue weighted by molar-refractivity contribution is -0.113. The molecule has 1 amide bonds. The Morgan fingerprint density at radius 1 is 1.40 bits per heavy atom. The average molecular weight is 448 g/mol. The first-order valence-electron chi connectivity index (χ1n) is 9.66. The molecular formula is C20H21N3O5S2. The highest BCUT2D eigenvalue weighted by atomic mass is 32.2. The number of rotatable bonds is 7. The van der Waals surface area contributed by atoms with Gasteiger partial charge in [0.05, 0.1) is 24.2 Å². The molecule has 1 atom stereocenters. The number of thiophene rings is 1. The van der Waals surface area contributed by atoms with E-state index in [-0.39, 0.29) is 35.3 Å². The minimum atomic E-state index is -0.382. The molecule has 3 aromatic heterocycles. The molecule has 0 aliphatic heterocycles. The second-order valence-electron chi connectivity index (χ2n) is 6.96. The highest BCUT2D eigenvalue weighted by molar-refractivity contribution is 7.99. The predicted octanol–water partition coefficient (Wildman–Crippen LogP) is 4.42. The van der Waals surface area contributed by atoms with Crippen molar-refractivity contribution in [3.8, 4) is 11.7 Å². The van der Waals surface area contributed by atoms with E-state index in [0.29, 0.717) is 22.2 Å². The molecule has 30 heavy (non-hydrogen) atoms. The molecule has 10 heteroatoms. The number of anilines is 1. The van der Waals surface area contributed by atoms with Gasteiger partial charge in [-0.1, -0.05) is 18.7 Å². The SMILES string of the molecule is CCOC(=O)c1c(NC(=O)CSc2nnc(-c3ccco3)o2)sc2c1CC[C@H](C)C2. The van der Waals surface area contributed by atoms with Gasteiger partial charge in [0, 0.05) is 4.88 Å². The van der Waals surface area contributed by atoms with Gasteiger partial charge in [-0.2, -0.15) is 0 Å². The largest absolute Gasteiger partial charge is 0.462 e. The van der Waals surface area contributed by atoms with Crippen LogP contribution in [0, 0.1) is 5.92 Å². The number of furan rings is 1. The van der Waals surface area contributed by atoms with Crippen molar-refractivity contribution in [2.45, 2.75) is 38.3 Å². The van der Waals surface area contributed by atoms with Gasteiger partial charge in [-0.05, 0) is 49.8 Å². The lowest BCUT2D eigenvalue weighted by Gasteiger charge is -2.18. The molecule has 0 saturated heterocycles. The summed E-state index contributed by atoms with van der Waals surface area (Å²) >= 11 is 2.59. The number of aromatic nitrogens is 2. The van der Waals surface area contributed by atoms with Crippen molar-refractivity contribution in [1.29, 1.82) is 0 Å². The molecule has 0 radical (unpaired) electrons. The van der Waals surface area contributed by atoms with Gasteiger partial charge < -0.3 is 18.9 Å². The smallest absolute Gasteiger partial charge is 0.341 e. The van der Waals surface area contributed by atoms with Crippen LogP contribution in [0.15, 0.2) is 32.5 Å². The summed E-state index contributed by atoms with van der Waals surface area (Å²) in [4.78, 5) is 26.2. The molecule has 0 saturated carbocycles. The van der Waals surface area contributed by atoms with Crippen molar-refractivity contribution in [2.75, 3.05) is 17.7 Å². The summed E-state index contributed by atoms with van der Waals surface area (Å²) in [6, 6.07) is 3.44. The van der Waals surface area contributed by atoms with E-state index >= 15 is 0 Å². The third-order valence-electron chi connectivity index (χ3n) is 4.71. The normalized spacial score (nSPS) is 15.6. The molecule has 0 aromatic carbocycles. The molecule has 8 nitrogen and oxygen atoms in total. The van der Waals surface area contributed by atoms with Crippen molar-refractivity contribution in [3.05, 3.63) is 34.4 Å². The predicted molar refractivity (Wildman–Crippen MR) is 113 cm³/mol. The summed E-state index contributed by atoms with van der Waals surface area (Å²) in [7, 11) is 0. The molecule has 0 fully saturated rings. The lowest BCUT2D eigenvalue weighted by Crippen LogP contribution is -2.17. The standard InChI is InChI=1S/C20H21N3O5S2/c1-3-26-19(25)16-12-7-6-11(2)9-14(12)30-18(16)21-15(24)10-29-20-23-22-17(28-20)13-5-4-8-27-13/h4-5,8,11H,3,6-7,9-10H2,1-2H3,(H,21,24)/t11-/m0/s1. The number of hydrogen-bond acceptors (Lipinski definition) is 9. The number of hydrogen-bond donors (Lipinski definition) is 1. The second-order valence-corrected chi connectivity index (χ2v) is 9.00. The van der Waals surface area contributed by atoms with Crippen LogP contribution in [0.4, 0.5) is 5.00 Å². The molecule has 1 aliphatic carbocycles. The highest BCUT2D eigenvalue weighted by Gasteiger charge is 2.29. The molecule has 1 aliphatic rings. The second kappa shape index (κ2) is 9.05. The lowest BCUT2D eigenvalue weighted by atomic mass is 9.88. The first-order chi connectivity index (χ1) is 14.5. The van der Waals surface area contributed by atoms with Crippen molar-refractivity contribution in [1.82, 2.24) is 10.2 Å². The molecule has 0 spiro atoms. The van der Waals surface area contributed by atoms with E-state index in [0.717, 1.165) is 41.5 Å². The number of carbonyl (C=O) groups is 2. The summed E-state index contributed by atoms with van der Waals surface area (Å²) in [5, 5.41) is 11.5. The van der Waals surface area contributed by atoms with Gasteiger partial charge in [-0.3, -0.25) is 4.79 Å². The highest BCUT2D eigenvalue weighted by Crippen LogP contribution is 2.40. The minimum Gasteiger partial charge on any atom is -0.462 e. The van der Waals surface area contributed by atoms with E-state index < -0.39 is 0 Å². The van der Waals surface area contributed by atoms with Crippen LogP contribution in [0.5, 0.6) is 0 Å². The van der Waals surface area contributed by atoms with Gasteiger partial charge in [-0.15, -0.1) is 21.5 Å². The fourth-order valence-electron chi connectivity index (χ4n) is 3.32. The van der Waals surface area contributed by atoms with Crippen LogP contribution in [0.25, 0.3) is 11.7 Å². The third kappa shape index (κ3) is 4.44. The van der Waals surface area contributed by atoms with Crippen LogP contribution in [0.1, 0.15) is 41.1 Å².